The number of hydrogen-bond acceptors (Lipinski definition) is 8. The Morgan fingerprint density at radius 1 is 1.23 bits per heavy atom. The first-order valence-electron chi connectivity index (χ1n) is 14.2. The zero-order valence-corrected chi connectivity index (χ0v) is 24.4. The third-order valence-electron chi connectivity index (χ3n) is 7.75. The van der Waals surface area contributed by atoms with Crippen molar-refractivity contribution in [1.29, 1.82) is 0 Å². The number of methoxy groups -OCH3 is 1. The molecular weight excluding hydrogens is 514 g/mol. The summed E-state index contributed by atoms with van der Waals surface area (Å²) < 4.78 is 10.1. The quantitative estimate of drug-likeness (QED) is 0.298. The van der Waals surface area contributed by atoms with Crippen molar-refractivity contribution < 1.29 is 29.0 Å². The Hall–Kier alpha value is -2.73. The number of fused-ring (bicyclic) bond motifs is 1. The Balaban J connectivity index is 1.50. The first-order chi connectivity index (χ1) is 19.0. The van der Waals surface area contributed by atoms with Gasteiger partial charge in [0.2, 0.25) is 11.8 Å². The Labute approximate surface area is 237 Å². The van der Waals surface area contributed by atoms with Crippen molar-refractivity contribution in [2.45, 2.75) is 64.6 Å². The lowest BCUT2D eigenvalue weighted by Gasteiger charge is -2.37. The van der Waals surface area contributed by atoms with E-state index in [0.717, 1.165) is 44.1 Å². The average molecular weight is 562 g/mol. The van der Waals surface area contributed by atoms with Gasteiger partial charge in [-0.1, -0.05) is 39.0 Å². The van der Waals surface area contributed by atoms with E-state index in [-0.39, 0.29) is 36.6 Å². The summed E-state index contributed by atoms with van der Waals surface area (Å²) >= 11 is 0. The standard InChI is InChI=1S/C29H47N5O6/c1-20(27(37)31-9-10-33-11-13-40-14-12-33)15-25(35)23(30)17-29(2,3)18-26(36)34-19-22(32-28(38)39-4)16-21-7-5-6-8-24(21)34/h5-8,20,22-23,25,35H,9-19,30H2,1-4H3,(H,31,37)(H,32,38). The van der Waals surface area contributed by atoms with E-state index in [1.807, 2.05) is 38.1 Å². The number of nitrogens with one attached hydrogen (secondary N) is 2. The van der Waals surface area contributed by atoms with Crippen LogP contribution in [0.25, 0.3) is 0 Å². The van der Waals surface area contributed by atoms with Crippen molar-refractivity contribution in [2.24, 2.45) is 17.1 Å². The Bertz CT molecular complexity index is 999. The van der Waals surface area contributed by atoms with E-state index in [4.69, 9.17) is 15.2 Å². The monoisotopic (exact) mass is 561 g/mol. The summed E-state index contributed by atoms with van der Waals surface area (Å²) in [6.45, 7) is 10.5. The molecule has 0 saturated carbocycles. The molecule has 4 unspecified atom stereocenters. The van der Waals surface area contributed by atoms with Crippen molar-refractivity contribution >= 4 is 23.6 Å². The third kappa shape index (κ3) is 9.43. The van der Waals surface area contributed by atoms with Gasteiger partial charge in [-0.3, -0.25) is 14.5 Å². The molecule has 1 aromatic carbocycles. The third-order valence-corrected chi connectivity index (χ3v) is 7.75. The fourth-order valence-electron chi connectivity index (χ4n) is 5.49. The number of nitrogens with two attached hydrogens (primary N) is 1. The van der Waals surface area contributed by atoms with Crippen LogP contribution in [0.2, 0.25) is 0 Å². The van der Waals surface area contributed by atoms with Crippen molar-refractivity contribution in [2.75, 3.05) is 57.9 Å². The highest BCUT2D eigenvalue weighted by atomic mass is 16.5. The summed E-state index contributed by atoms with van der Waals surface area (Å²) in [7, 11) is 1.31. The summed E-state index contributed by atoms with van der Waals surface area (Å²) in [5.74, 6) is -0.573. The molecule has 1 fully saturated rings. The summed E-state index contributed by atoms with van der Waals surface area (Å²) in [5, 5.41) is 16.6. The highest BCUT2D eigenvalue weighted by Gasteiger charge is 2.34. The molecule has 3 amide bonds. The number of carbonyl (C=O) groups is 3. The number of aliphatic hydroxyl groups excluding tert-OH is 1. The number of nitrogens with zero attached hydrogens (tertiary/aromatic N) is 2. The van der Waals surface area contributed by atoms with Gasteiger partial charge in [-0.05, 0) is 36.3 Å². The lowest BCUT2D eigenvalue weighted by molar-refractivity contribution is -0.125. The number of rotatable bonds is 12. The minimum atomic E-state index is -0.876. The molecule has 11 heteroatoms. The van der Waals surface area contributed by atoms with Crippen LogP contribution in [0.15, 0.2) is 24.3 Å². The summed E-state index contributed by atoms with van der Waals surface area (Å²) in [4.78, 5) is 41.9. The number of morpholine rings is 1. The van der Waals surface area contributed by atoms with E-state index in [2.05, 4.69) is 15.5 Å². The van der Waals surface area contributed by atoms with Crippen LogP contribution in [0, 0.1) is 11.3 Å². The highest BCUT2D eigenvalue weighted by molar-refractivity contribution is 5.95. The Morgan fingerprint density at radius 2 is 1.93 bits per heavy atom. The molecule has 5 N–H and O–H groups in total. The maximum absolute atomic E-state index is 13.5. The number of benzene rings is 1. The first-order valence-corrected chi connectivity index (χ1v) is 14.2. The van der Waals surface area contributed by atoms with Crippen LogP contribution in [-0.4, -0.2) is 99.1 Å². The van der Waals surface area contributed by atoms with Crippen LogP contribution in [0.3, 0.4) is 0 Å². The van der Waals surface area contributed by atoms with Gasteiger partial charge in [0.25, 0.3) is 0 Å². The second-order valence-corrected chi connectivity index (χ2v) is 11.8. The maximum Gasteiger partial charge on any atom is 0.407 e. The molecule has 224 valence electrons. The van der Waals surface area contributed by atoms with Gasteiger partial charge < -0.3 is 35.8 Å². The van der Waals surface area contributed by atoms with Crippen LogP contribution >= 0.6 is 0 Å². The van der Waals surface area contributed by atoms with E-state index >= 15 is 0 Å². The number of carbonyl (C=O) groups excluding carboxylic acids is 3. The molecule has 0 aliphatic carbocycles. The highest BCUT2D eigenvalue weighted by Crippen LogP contribution is 2.33. The van der Waals surface area contributed by atoms with Gasteiger partial charge >= 0.3 is 6.09 Å². The largest absolute Gasteiger partial charge is 0.453 e. The van der Waals surface area contributed by atoms with E-state index in [9.17, 15) is 19.5 Å². The summed E-state index contributed by atoms with van der Waals surface area (Å²) in [6.07, 6.45) is 0.0639. The van der Waals surface area contributed by atoms with Gasteiger partial charge in [0.1, 0.15) is 0 Å². The number of ether oxygens (including phenoxy) is 2. The zero-order chi connectivity index (χ0) is 29.3. The minimum Gasteiger partial charge on any atom is -0.453 e. The molecule has 4 atom stereocenters. The van der Waals surface area contributed by atoms with Crippen molar-refractivity contribution in [3.05, 3.63) is 29.8 Å². The van der Waals surface area contributed by atoms with E-state index in [0.29, 0.717) is 25.9 Å². The summed E-state index contributed by atoms with van der Waals surface area (Å²) in [6, 6.07) is 6.83. The number of alkyl carbamates (subject to hydrolysis) is 1. The number of anilines is 1. The zero-order valence-electron chi connectivity index (χ0n) is 24.4. The van der Waals surface area contributed by atoms with Gasteiger partial charge in [0.15, 0.2) is 0 Å². The molecule has 1 aromatic rings. The number of para-hydroxylation sites is 1. The predicted octanol–water partition coefficient (Wildman–Crippen LogP) is 1.27. The average Bonchev–Trinajstić information content (AvgIpc) is 2.92. The fraction of sp³-hybridized carbons (Fsp3) is 0.690. The number of amides is 3. The Morgan fingerprint density at radius 3 is 2.62 bits per heavy atom. The van der Waals surface area contributed by atoms with Crippen LogP contribution in [0.5, 0.6) is 0 Å². The molecule has 3 rings (SSSR count). The molecule has 0 bridgehead atoms. The first kappa shape index (κ1) is 31.8. The van der Waals surface area contributed by atoms with Gasteiger partial charge in [-0.2, -0.15) is 0 Å². The predicted molar refractivity (Wildman–Crippen MR) is 153 cm³/mol. The van der Waals surface area contributed by atoms with Gasteiger partial charge in [-0.15, -0.1) is 0 Å². The second-order valence-electron chi connectivity index (χ2n) is 11.8. The van der Waals surface area contributed by atoms with Crippen molar-refractivity contribution in [3.63, 3.8) is 0 Å². The van der Waals surface area contributed by atoms with Crippen LogP contribution in [-0.2, 0) is 25.5 Å². The molecule has 0 aromatic heterocycles. The SMILES string of the molecule is COC(=O)NC1Cc2ccccc2N(C(=O)CC(C)(C)CC(N)C(O)CC(C)C(=O)NCCN2CCOCC2)C1. The molecule has 2 aliphatic heterocycles. The van der Waals surface area contributed by atoms with Crippen molar-refractivity contribution in [1.82, 2.24) is 15.5 Å². The lowest BCUT2D eigenvalue weighted by Crippen LogP contribution is -2.51. The molecule has 0 spiro atoms. The maximum atomic E-state index is 13.5. The van der Waals surface area contributed by atoms with Crippen LogP contribution in [0.4, 0.5) is 10.5 Å². The number of aliphatic hydroxyl groups is 1. The van der Waals surface area contributed by atoms with Gasteiger partial charge in [0.05, 0.1) is 32.5 Å². The van der Waals surface area contributed by atoms with Gasteiger partial charge in [0, 0.05) is 56.8 Å². The van der Waals surface area contributed by atoms with E-state index in [1.54, 1.807) is 11.8 Å². The lowest BCUT2D eigenvalue weighted by atomic mass is 9.79. The fourth-order valence-corrected chi connectivity index (χ4v) is 5.49. The normalized spacial score (nSPS) is 20.1. The molecular formula is C29H47N5O6. The second kappa shape index (κ2) is 14.8. The molecule has 2 aliphatic rings. The van der Waals surface area contributed by atoms with E-state index < -0.39 is 23.7 Å². The van der Waals surface area contributed by atoms with Crippen molar-refractivity contribution in [3.8, 4) is 0 Å². The molecule has 0 radical (unpaired) electrons. The molecule has 1 saturated heterocycles. The van der Waals surface area contributed by atoms with E-state index in [1.165, 1.54) is 7.11 Å². The smallest absolute Gasteiger partial charge is 0.407 e. The van der Waals surface area contributed by atoms with Gasteiger partial charge in [-0.25, -0.2) is 4.79 Å². The minimum absolute atomic E-state index is 0.0801. The van der Waals surface area contributed by atoms with Crippen LogP contribution < -0.4 is 21.3 Å². The van der Waals surface area contributed by atoms with Crippen LogP contribution in [0.1, 0.15) is 45.6 Å². The Kier molecular flexibility index (Phi) is 11.7. The molecule has 40 heavy (non-hydrogen) atoms. The summed E-state index contributed by atoms with van der Waals surface area (Å²) in [5.41, 5.74) is 7.70. The number of hydrogen-bond donors (Lipinski definition) is 4. The molecule has 11 nitrogen and oxygen atoms in total. The topological polar surface area (TPSA) is 146 Å². The molecule has 2 heterocycles.